The second-order valence-electron chi connectivity index (χ2n) is 9.43. The van der Waals surface area contributed by atoms with Crippen LogP contribution in [0.1, 0.15) is 38.5 Å². The molecule has 0 unspecified atom stereocenters. The van der Waals surface area contributed by atoms with Gasteiger partial charge in [-0.25, -0.2) is 4.79 Å². The zero-order valence-electron chi connectivity index (χ0n) is 24.4. The summed E-state index contributed by atoms with van der Waals surface area (Å²) in [4.78, 5) is 73.6. The van der Waals surface area contributed by atoms with Gasteiger partial charge >= 0.3 is 5.97 Å². The Morgan fingerprint density at radius 3 is 1.55 bits per heavy atom. The second-order valence-corrected chi connectivity index (χ2v) is 9.80. The number of hydrogen-bond donors (Lipinski definition) is 13. The van der Waals surface area contributed by atoms with E-state index in [9.17, 15) is 29.1 Å². The van der Waals surface area contributed by atoms with Crippen molar-refractivity contribution in [2.45, 2.75) is 62.7 Å². The molecule has 0 aliphatic rings. The lowest BCUT2D eigenvalue weighted by Crippen LogP contribution is -2.55. The molecule has 0 aliphatic heterocycles. The highest BCUT2D eigenvalue weighted by Crippen LogP contribution is 2.03. The number of rotatable bonds is 22. The van der Waals surface area contributed by atoms with Crippen molar-refractivity contribution in [3.63, 3.8) is 0 Å². The first-order valence-corrected chi connectivity index (χ1v) is 14.2. The minimum Gasteiger partial charge on any atom is -0.480 e. The van der Waals surface area contributed by atoms with E-state index in [1.165, 1.54) is 0 Å². The third-order valence-corrected chi connectivity index (χ3v) is 6.07. The fraction of sp³-hybridized carbons (Fsp3) is 0.652. The molecule has 0 fully saturated rings. The molecule has 0 saturated carbocycles. The number of aliphatic imine (C=N–C) groups is 3. The summed E-state index contributed by atoms with van der Waals surface area (Å²) < 4.78 is 0. The van der Waals surface area contributed by atoms with Crippen molar-refractivity contribution in [1.29, 1.82) is 0 Å². The summed E-state index contributed by atoms with van der Waals surface area (Å²) in [6.45, 7) is 0.0392. The maximum Gasteiger partial charge on any atom is 0.326 e. The molecule has 0 rings (SSSR count). The quantitative estimate of drug-likeness (QED) is 0.0226. The molecule has 4 atom stereocenters. The molecule has 0 saturated heterocycles. The van der Waals surface area contributed by atoms with Crippen molar-refractivity contribution >= 4 is 60.1 Å². The first-order chi connectivity index (χ1) is 20.7. The van der Waals surface area contributed by atoms with Crippen LogP contribution < -0.4 is 61.4 Å². The molecule has 0 bridgehead atoms. The van der Waals surface area contributed by atoms with Crippen LogP contribution in [0, 0.1) is 0 Å². The van der Waals surface area contributed by atoms with Crippen molar-refractivity contribution in [2.75, 3.05) is 31.9 Å². The van der Waals surface area contributed by atoms with E-state index in [2.05, 4.69) is 48.9 Å². The molecule has 0 aliphatic carbocycles. The highest BCUT2D eigenvalue weighted by molar-refractivity contribution is 7.80. The second kappa shape index (κ2) is 22.1. The Morgan fingerprint density at radius 2 is 1.09 bits per heavy atom. The molecule has 0 aromatic carbocycles. The summed E-state index contributed by atoms with van der Waals surface area (Å²) in [5, 5.41) is 19.1. The van der Waals surface area contributed by atoms with Crippen LogP contribution in [0.3, 0.4) is 0 Å². The maximum absolute atomic E-state index is 12.9. The number of nitrogens with zero attached hydrogens (tertiary/aromatic N) is 3. The van der Waals surface area contributed by atoms with Gasteiger partial charge in [-0.15, -0.1) is 0 Å². The van der Waals surface area contributed by atoms with Gasteiger partial charge in [0.25, 0.3) is 0 Å². The predicted molar refractivity (Wildman–Crippen MR) is 168 cm³/mol. The Balaban J connectivity index is 5.14. The summed E-state index contributed by atoms with van der Waals surface area (Å²) in [5.41, 5.74) is 37.6. The van der Waals surface area contributed by atoms with Crippen molar-refractivity contribution < 1.29 is 29.1 Å². The lowest BCUT2D eigenvalue weighted by molar-refractivity contribution is -0.142. The number of carboxylic acid groups (broad SMARTS) is 1. The van der Waals surface area contributed by atoms with Gasteiger partial charge in [-0.2, -0.15) is 12.6 Å². The minimum absolute atomic E-state index is 0.0252. The summed E-state index contributed by atoms with van der Waals surface area (Å²) in [7, 11) is 0. The highest BCUT2D eigenvalue weighted by Gasteiger charge is 2.27. The molecule has 19 N–H and O–H groups in total. The van der Waals surface area contributed by atoms with Gasteiger partial charge < -0.3 is 66.5 Å². The van der Waals surface area contributed by atoms with E-state index < -0.39 is 60.3 Å². The van der Waals surface area contributed by atoms with E-state index in [1.54, 1.807) is 0 Å². The highest BCUT2D eigenvalue weighted by atomic mass is 32.1. The topological polar surface area (TPSA) is 373 Å². The van der Waals surface area contributed by atoms with Gasteiger partial charge in [0.1, 0.15) is 18.1 Å². The summed E-state index contributed by atoms with van der Waals surface area (Å²) >= 11 is 4.05. The molecule has 0 aromatic heterocycles. The number of carbonyl (C=O) groups excluding carboxylic acids is 4. The monoisotopic (exact) mass is 646 g/mol. The average Bonchev–Trinajstić information content (AvgIpc) is 2.94. The number of aliphatic carboxylic acids is 1. The van der Waals surface area contributed by atoms with E-state index in [-0.39, 0.29) is 68.9 Å². The molecule has 4 amide bonds. The first kappa shape index (κ1) is 39.5. The zero-order valence-corrected chi connectivity index (χ0v) is 25.3. The largest absolute Gasteiger partial charge is 0.480 e. The van der Waals surface area contributed by atoms with Crippen molar-refractivity contribution in [1.82, 2.24) is 21.3 Å². The Morgan fingerprint density at radius 1 is 0.636 bits per heavy atom. The fourth-order valence-corrected chi connectivity index (χ4v) is 3.72. The van der Waals surface area contributed by atoms with Crippen LogP contribution in [-0.2, 0) is 24.0 Å². The van der Waals surface area contributed by atoms with Crippen LogP contribution in [0.25, 0.3) is 0 Å². The van der Waals surface area contributed by atoms with Crippen LogP contribution in [-0.4, -0.2) is 109 Å². The molecule has 21 heteroatoms. The van der Waals surface area contributed by atoms with Crippen molar-refractivity contribution in [3.05, 3.63) is 0 Å². The smallest absolute Gasteiger partial charge is 0.326 e. The van der Waals surface area contributed by atoms with E-state index >= 15 is 0 Å². The molecule has 0 aromatic rings. The van der Waals surface area contributed by atoms with E-state index in [0.29, 0.717) is 12.8 Å². The fourth-order valence-electron chi connectivity index (χ4n) is 3.46. The molecule has 0 radical (unpaired) electrons. The Kier molecular flexibility index (Phi) is 19.8. The minimum atomic E-state index is -1.29. The summed E-state index contributed by atoms with van der Waals surface area (Å²) in [6.07, 6.45) is 1.36. The maximum atomic E-state index is 12.9. The van der Waals surface area contributed by atoms with Crippen LogP contribution in [0.2, 0.25) is 0 Å². The SMILES string of the molecule is NC(N)=NCCC[C@H](NC(=O)[C@H](CS)NC(=O)CNC(=O)[C@H](CCCN=C(N)N)NC(=O)[C@@H](N)CCCN=C(N)N)C(=O)O. The van der Waals surface area contributed by atoms with E-state index in [4.69, 9.17) is 40.1 Å². The molecule has 0 spiro atoms. The molecule has 20 nitrogen and oxygen atoms in total. The number of nitrogens with one attached hydrogen (secondary N) is 4. The standard InChI is InChI=1S/C23H46N14O6S/c24-12(4-1-7-31-21(25)26)17(39)36-13(5-2-8-32-22(27)28)18(40)34-10-16(38)35-15(11-44)19(41)37-14(20(42)43)6-3-9-33-23(29)30/h12-15,44H,1-11,24H2,(H,34,40)(H,35,38)(H,36,39)(H,37,41)(H,42,43)(H4,25,26,31)(H4,27,28,32)(H4,29,30,33)/t12-,13-,14-,15-/m0/s1. The molecule has 0 heterocycles. The number of carboxylic acids is 1. The first-order valence-electron chi connectivity index (χ1n) is 13.6. The molecular formula is C23H46N14O6S. The lowest BCUT2D eigenvalue weighted by atomic mass is 10.1. The van der Waals surface area contributed by atoms with Gasteiger partial charge in [0, 0.05) is 25.4 Å². The van der Waals surface area contributed by atoms with Crippen molar-refractivity contribution in [3.8, 4) is 0 Å². The number of carbonyl (C=O) groups is 5. The van der Waals surface area contributed by atoms with E-state index in [1.807, 2.05) is 0 Å². The third-order valence-electron chi connectivity index (χ3n) is 5.70. The Labute approximate surface area is 260 Å². The summed E-state index contributed by atoms with van der Waals surface area (Å²) in [5.74, 6) is -4.73. The normalized spacial score (nSPS) is 13.1. The van der Waals surface area contributed by atoms with Crippen LogP contribution >= 0.6 is 12.6 Å². The Hall–Kier alpha value is -4.53. The van der Waals surface area contributed by atoms with Crippen LogP contribution in [0.4, 0.5) is 0 Å². The van der Waals surface area contributed by atoms with Gasteiger partial charge in [-0.1, -0.05) is 0 Å². The Bertz CT molecular complexity index is 1040. The number of nitrogens with two attached hydrogens (primary N) is 7. The molecule has 44 heavy (non-hydrogen) atoms. The van der Waals surface area contributed by atoms with Gasteiger partial charge in [-0.05, 0) is 38.5 Å². The number of hydrogen-bond acceptors (Lipinski definition) is 10. The zero-order chi connectivity index (χ0) is 33.7. The number of amides is 4. The van der Waals surface area contributed by atoms with Crippen molar-refractivity contribution in [2.24, 2.45) is 55.1 Å². The molecular weight excluding hydrogens is 600 g/mol. The number of thiol groups is 1. The predicted octanol–water partition coefficient (Wildman–Crippen LogP) is -5.94. The van der Waals surface area contributed by atoms with Gasteiger partial charge in [0.15, 0.2) is 17.9 Å². The van der Waals surface area contributed by atoms with Crippen LogP contribution in [0.5, 0.6) is 0 Å². The average molecular weight is 647 g/mol. The third kappa shape index (κ3) is 18.8. The molecule has 250 valence electrons. The van der Waals surface area contributed by atoms with Crippen LogP contribution in [0.15, 0.2) is 15.0 Å². The van der Waals surface area contributed by atoms with Gasteiger partial charge in [0.2, 0.25) is 23.6 Å². The summed E-state index contributed by atoms with van der Waals surface area (Å²) in [6, 6.07) is -4.53. The van der Waals surface area contributed by atoms with Gasteiger partial charge in [0.05, 0.1) is 12.6 Å². The van der Waals surface area contributed by atoms with Gasteiger partial charge in [-0.3, -0.25) is 34.2 Å². The van der Waals surface area contributed by atoms with E-state index in [0.717, 1.165) is 0 Å². The number of guanidine groups is 3. The lowest BCUT2D eigenvalue weighted by Gasteiger charge is -2.22.